The van der Waals surface area contributed by atoms with E-state index in [0.717, 1.165) is 18.4 Å². The van der Waals surface area contributed by atoms with Crippen molar-refractivity contribution in [3.8, 4) is 0 Å². The van der Waals surface area contributed by atoms with Crippen molar-refractivity contribution in [2.24, 2.45) is 11.7 Å². The van der Waals surface area contributed by atoms with Crippen molar-refractivity contribution in [3.63, 3.8) is 0 Å². The van der Waals surface area contributed by atoms with Gasteiger partial charge < -0.3 is 20.7 Å². The van der Waals surface area contributed by atoms with Gasteiger partial charge in [-0.15, -0.1) is 0 Å². The topological polar surface area (TPSA) is 84.7 Å². The van der Waals surface area contributed by atoms with E-state index in [1.54, 1.807) is 4.90 Å². The molecule has 0 aliphatic carbocycles. The summed E-state index contributed by atoms with van der Waals surface area (Å²) >= 11 is 0. The molecule has 1 saturated heterocycles. The zero-order chi connectivity index (χ0) is 15.8. The number of amides is 2. The molecule has 1 aromatic carbocycles. The van der Waals surface area contributed by atoms with Crippen LogP contribution in [0.5, 0.6) is 0 Å². The maximum atomic E-state index is 12.0. The number of nitrogens with two attached hydrogens (primary N) is 1. The molecule has 0 radical (unpaired) electrons. The van der Waals surface area contributed by atoms with Crippen LogP contribution in [0.2, 0.25) is 0 Å². The molecule has 0 spiro atoms. The van der Waals surface area contributed by atoms with Gasteiger partial charge in [0.25, 0.3) is 0 Å². The summed E-state index contributed by atoms with van der Waals surface area (Å²) in [5, 5.41) is 2.79. The summed E-state index contributed by atoms with van der Waals surface area (Å²) in [4.78, 5) is 24.9. The van der Waals surface area contributed by atoms with Gasteiger partial charge in [0.1, 0.15) is 6.61 Å². The SMILES string of the molecule is NCC(=O)NCC1CCN(C(=O)OCc2ccccc2)CC1. The zero-order valence-electron chi connectivity index (χ0n) is 12.7. The van der Waals surface area contributed by atoms with E-state index >= 15 is 0 Å². The third kappa shape index (κ3) is 5.04. The first-order valence-corrected chi connectivity index (χ1v) is 7.61. The van der Waals surface area contributed by atoms with Crippen molar-refractivity contribution >= 4 is 12.0 Å². The molecule has 1 fully saturated rings. The third-order valence-electron chi connectivity index (χ3n) is 3.85. The lowest BCUT2D eigenvalue weighted by Gasteiger charge is -2.31. The van der Waals surface area contributed by atoms with Crippen molar-refractivity contribution < 1.29 is 14.3 Å². The van der Waals surface area contributed by atoms with E-state index in [1.165, 1.54) is 0 Å². The number of nitrogens with one attached hydrogen (secondary N) is 1. The Morgan fingerprint density at radius 1 is 1.23 bits per heavy atom. The van der Waals surface area contributed by atoms with Gasteiger partial charge in [0.15, 0.2) is 0 Å². The fraction of sp³-hybridized carbons (Fsp3) is 0.500. The van der Waals surface area contributed by atoms with Crippen LogP contribution in [0.1, 0.15) is 18.4 Å². The molecule has 6 nitrogen and oxygen atoms in total. The second-order valence-corrected chi connectivity index (χ2v) is 5.48. The highest BCUT2D eigenvalue weighted by Gasteiger charge is 2.23. The summed E-state index contributed by atoms with van der Waals surface area (Å²) in [7, 11) is 0. The van der Waals surface area contributed by atoms with Crippen molar-refractivity contribution in [1.82, 2.24) is 10.2 Å². The Morgan fingerprint density at radius 2 is 1.91 bits per heavy atom. The van der Waals surface area contributed by atoms with Crippen LogP contribution >= 0.6 is 0 Å². The lowest BCUT2D eigenvalue weighted by Crippen LogP contribution is -2.42. The van der Waals surface area contributed by atoms with Gasteiger partial charge in [0, 0.05) is 19.6 Å². The average molecular weight is 305 g/mol. The van der Waals surface area contributed by atoms with Crippen LogP contribution in [0.3, 0.4) is 0 Å². The van der Waals surface area contributed by atoms with Crippen molar-refractivity contribution in [3.05, 3.63) is 35.9 Å². The van der Waals surface area contributed by atoms with E-state index in [9.17, 15) is 9.59 Å². The standard InChI is InChI=1S/C16H23N3O3/c17-10-15(20)18-11-13-6-8-19(9-7-13)16(21)22-12-14-4-2-1-3-5-14/h1-5,13H,6-12,17H2,(H,18,20). The number of ether oxygens (including phenoxy) is 1. The van der Waals surface area contributed by atoms with Crippen LogP contribution < -0.4 is 11.1 Å². The van der Waals surface area contributed by atoms with Gasteiger partial charge in [0.2, 0.25) is 5.91 Å². The number of benzene rings is 1. The van der Waals surface area contributed by atoms with E-state index in [4.69, 9.17) is 10.5 Å². The number of piperidine rings is 1. The Labute approximate surface area is 130 Å². The van der Waals surface area contributed by atoms with Crippen molar-refractivity contribution in [2.45, 2.75) is 19.4 Å². The van der Waals surface area contributed by atoms with Crippen LogP contribution in [0.25, 0.3) is 0 Å². The molecule has 1 heterocycles. The van der Waals surface area contributed by atoms with E-state index in [1.807, 2.05) is 30.3 Å². The van der Waals surface area contributed by atoms with Gasteiger partial charge in [-0.25, -0.2) is 4.79 Å². The molecular formula is C16H23N3O3. The van der Waals surface area contributed by atoms with E-state index < -0.39 is 0 Å². The minimum Gasteiger partial charge on any atom is -0.445 e. The second kappa shape index (κ2) is 8.38. The Hall–Kier alpha value is -2.08. The van der Waals surface area contributed by atoms with Crippen LogP contribution in [-0.2, 0) is 16.1 Å². The quantitative estimate of drug-likeness (QED) is 0.853. The predicted molar refractivity (Wildman–Crippen MR) is 83.0 cm³/mol. The minimum absolute atomic E-state index is 0.0185. The van der Waals surface area contributed by atoms with Crippen LogP contribution in [0.15, 0.2) is 30.3 Å². The highest BCUT2D eigenvalue weighted by atomic mass is 16.6. The van der Waals surface area contributed by atoms with Gasteiger partial charge in [0.05, 0.1) is 6.54 Å². The van der Waals surface area contributed by atoms with E-state index in [2.05, 4.69) is 5.32 Å². The fourth-order valence-corrected chi connectivity index (χ4v) is 2.46. The smallest absolute Gasteiger partial charge is 0.410 e. The molecule has 1 aliphatic heterocycles. The largest absolute Gasteiger partial charge is 0.445 e. The molecule has 0 atom stereocenters. The summed E-state index contributed by atoms with van der Waals surface area (Å²) in [6, 6.07) is 9.63. The number of rotatable bonds is 5. The van der Waals surface area contributed by atoms with E-state index in [0.29, 0.717) is 32.2 Å². The molecule has 22 heavy (non-hydrogen) atoms. The maximum Gasteiger partial charge on any atom is 0.410 e. The maximum absolute atomic E-state index is 12.0. The summed E-state index contributed by atoms with van der Waals surface area (Å²) in [6.45, 7) is 2.27. The van der Waals surface area contributed by atoms with Gasteiger partial charge in [-0.05, 0) is 24.3 Å². The van der Waals surface area contributed by atoms with Gasteiger partial charge in [-0.3, -0.25) is 4.79 Å². The van der Waals surface area contributed by atoms with Crippen LogP contribution in [0.4, 0.5) is 4.79 Å². The Balaban J connectivity index is 1.67. The number of hydrogen-bond acceptors (Lipinski definition) is 4. The third-order valence-corrected chi connectivity index (χ3v) is 3.85. The first kappa shape index (κ1) is 16.3. The molecule has 0 aromatic heterocycles. The lowest BCUT2D eigenvalue weighted by atomic mass is 9.97. The summed E-state index contributed by atoms with van der Waals surface area (Å²) in [5.41, 5.74) is 6.23. The summed E-state index contributed by atoms with van der Waals surface area (Å²) in [5.74, 6) is 0.262. The highest BCUT2D eigenvalue weighted by Crippen LogP contribution is 2.17. The first-order chi connectivity index (χ1) is 10.7. The monoisotopic (exact) mass is 305 g/mol. The molecule has 1 aromatic rings. The number of likely N-dealkylation sites (tertiary alicyclic amines) is 1. The Kier molecular flexibility index (Phi) is 6.21. The molecule has 0 bridgehead atoms. The van der Waals surface area contributed by atoms with Crippen LogP contribution in [0, 0.1) is 5.92 Å². The Bertz CT molecular complexity index is 485. The molecule has 2 rings (SSSR count). The van der Waals surface area contributed by atoms with E-state index in [-0.39, 0.29) is 18.5 Å². The molecule has 3 N–H and O–H groups in total. The Morgan fingerprint density at radius 3 is 2.55 bits per heavy atom. The first-order valence-electron chi connectivity index (χ1n) is 7.61. The zero-order valence-corrected chi connectivity index (χ0v) is 12.7. The number of nitrogens with zero attached hydrogens (tertiary/aromatic N) is 1. The number of carbonyl (C=O) groups excluding carboxylic acids is 2. The normalized spacial score (nSPS) is 15.4. The van der Waals surface area contributed by atoms with Crippen LogP contribution in [-0.4, -0.2) is 43.1 Å². The lowest BCUT2D eigenvalue weighted by molar-refractivity contribution is -0.120. The predicted octanol–water partition coefficient (Wildman–Crippen LogP) is 1.11. The van der Waals surface area contributed by atoms with Gasteiger partial charge >= 0.3 is 6.09 Å². The summed E-state index contributed by atoms with van der Waals surface area (Å²) < 4.78 is 5.32. The summed E-state index contributed by atoms with van der Waals surface area (Å²) in [6.07, 6.45) is 1.46. The second-order valence-electron chi connectivity index (χ2n) is 5.48. The van der Waals surface area contributed by atoms with Crippen molar-refractivity contribution in [2.75, 3.05) is 26.2 Å². The number of hydrogen-bond donors (Lipinski definition) is 2. The molecular weight excluding hydrogens is 282 g/mol. The highest BCUT2D eigenvalue weighted by molar-refractivity contribution is 5.77. The van der Waals surface area contributed by atoms with Crippen molar-refractivity contribution in [1.29, 1.82) is 0 Å². The minimum atomic E-state index is -0.270. The molecule has 0 unspecified atom stereocenters. The van der Waals surface area contributed by atoms with Gasteiger partial charge in [-0.1, -0.05) is 30.3 Å². The molecule has 6 heteroatoms. The molecule has 120 valence electrons. The van der Waals surface area contributed by atoms with Gasteiger partial charge in [-0.2, -0.15) is 0 Å². The molecule has 1 aliphatic rings. The number of carbonyl (C=O) groups is 2. The fourth-order valence-electron chi connectivity index (χ4n) is 2.46. The molecule has 0 saturated carbocycles. The molecule has 2 amide bonds. The average Bonchev–Trinajstić information content (AvgIpc) is 2.59.